The number of alkyl halides is 3. The van der Waals surface area contributed by atoms with E-state index in [-0.39, 0.29) is 51.9 Å². The van der Waals surface area contributed by atoms with E-state index in [4.69, 9.17) is 10.2 Å². The van der Waals surface area contributed by atoms with E-state index in [0.717, 1.165) is 44.5 Å². The van der Waals surface area contributed by atoms with Crippen molar-refractivity contribution in [3.05, 3.63) is 238 Å². The first-order valence-corrected chi connectivity index (χ1v) is 23.9. The monoisotopic (exact) mass is 996 g/mol. The van der Waals surface area contributed by atoms with E-state index in [1.165, 1.54) is 18.2 Å². The molecule has 0 saturated heterocycles. The first kappa shape index (κ1) is 57.5. The van der Waals surface area contributed by atoms with Gasteiger partial charge >= 0.3 is 6.18 Å². The van der Waals surface area contributed by atoms with Gasteiger partial charge in [0.15, 0.2) is 11.5 Å². The molecule has 11 heteroatoms. The Morgan fingerprint density at radius 3 is 0.795 bits per heavy atom. The molecule has 0 heterocycles. The second kappa shape index (κ2) is 25.4. The molecular weight excluding hydrogens is 930 g/mol. The summed E-state index contributed by atoms with van der Waals surface area (Å²) in [4.78, 5) is 0. The summed E-state index contributed by atoms with van der Waals surface area (Å²) in [6, 6.07) is 51.6. The second-order valence-corrected chi connectivity index (χ2v) is 18.2. The van der Waals surface area contributed by atoms with Crippen LogP contribution in [0.15, 0.2) is 182 Å². The van der Waals surface area contributed by atoms with Crippen LogP contribution < -0.4 is 0 Å². The predicted octanol–water partition coefficient (Wildman–Crippen LogP) is 15.7. The Kier molecular flexibility index (Phi) is 20.0. The summed E-state index contributed by atoms with van der Waals surface area (Å²) < 4.78 is 37.2. The van der Waals surface area contributed by atoms with E-state index >= 15 is 0 Å². The molecule has 73 heavy (non-hydrogen) atoms. The van der Waals surface area contributed by atoms with Gasteiger partial charge in [0.05, 0.1) is 5.56 Å². The summed E-state index contributed by atoms with van der Waals surface area (Å²) in [5, 5.41) is 75.5. The third kappa shape index (κ3) is 15.2. The van der Waals surface area contributed by atoms with Crippen molar-refractivity contribution < 1.29 is 54.0 Å². The zero-order valence-electron chi connectivity index (χ0n) is 42.7. The molecule has 8 N–H and O–H groups in total. The van der Waals surface area contributed by atoms with Crippen molar-refractivity contribution in [1.82, 2.24) is 0 Å². The van der Waals surface area contributed by atoms with E-state index in [9.17, 15) is 43.8 Å². The third-order valence-corrected chi connectivity index (χ3v) is 12.4. The molecule has 0 unspecified atom stereocenters. The van der Waals surface area contributed by atoms with Gasteiger partial charge in [0.2, 0.25) is 0 Å². The van der Waals surface area contributed by atoms with Crippen LogP contribution in [0.3, 0.4) is 0 Å². The fourth-order valence-electron chi connectivity index (χ4n) is 7.98. The van der Waals surface area contributed by atoms with Crippen LogP contribution in [0.5, 0.6) is 46.0 Å². The molecule has 8 aromatic carbocycles. The fourth-order valence-corrected chi connectivity index (χ4v) is 7.98. The van der Waals surface area contributed by atoms with Crippen molar-refractivity contribution in [2.45, 2.75) is 91.2 Å². The molecule has 0 saturated carbocycles. The van der Waals surface area contributed by atoms with Crippen molar-refractivity contribution in [1.29, 1.82) is 0 Å². The van der Waals surface area contributed by atoms with Gasteiger partial charge in [-0.2, -0.15) is 13.2 Å². The highest BCUT2D eigenvalue weighted by Crippen LogP contribution is 2.42. The van der Waals surface area contributed by atoms with Crippen molar-refractivity contribution in [3.8, 4) is 46.0 Å². The summed E-state index contributed by atoms with van der Waals surface area (Å²) in [5.41, 5.74) is 6.95. The Balaban J connectivity index is 0.000000217. The number of phenols is 8. The lowest BCUT2D eigenvalue weighted by molar-refractivity contribution is -0.137. The van der Waals surface area contributed by atoms with E-state index in [2.05, 4.69) is 13.8 Å². The molecule has 384 valence electrons. The highest BCUT2D eigenvalue weighted by atomic mass is 19.4. The number of halogens is 3. The standard InChI is InChI=1S/2C20H18O3.C11H13F3.C9H12O2.C2H6/c2*1-20(14-2-8-17(21)9-3-14,15-4-10-18(22)11-5-15)16-6-12-19(23)13-7-16;1-7(2)9-4-8(3)5-10(6-9)11(12,13)14;1-6(2)7-3-4-8(10)9(11)5-7;1-2/h2*2-13,21-23H,1H3;4-7H,1-3H3;3-6,10-11H,1-2H3;1-2H3. The lowest BCUT2D eigenvalue weighted by Gasteiger charge is -2.32. The Morgan fingerprint density at radius 1 is 0.315 bits per heavy atom. The van der Waals surface area contributed by atoms with Gasteiger partial charge < -0.3 is 40.9 Å². The number of aromatic hydroxyl groups is 8. The van der Waals surface area contributed by atoms with E-state index < -0.39 is 22.6 Å². The van der Waals surface area contributed by atoms with Crippen molar-refractivity contribution in [2.24, 2.45) is 0 Å². The van der Waals surface area contributed by atoms with Gasteiger partial charge in [-0.25, -0.2) is 0 Å². The molecule has 0 aliphatic heterocycles. The van der Waals surface area contributed by atoms with Gasteiger partial charge in [0, 0.05) is 10.8 Å². The zero-order valence-corrected chi connectivity index (χ0v) is 42.7. The molecule has 0 aromatic heterocycles. The van der Waals surface area contributed by atoms with Crippen molar-refractivity contribution >= 4 is 0 Å². The average Bonchev–Trinajstić information content (AvgIpc) is 3.36. The van der Waals surface area contributed by atoms with Crippen LogP contribution in [0, 0.1) is 6.92 Å². The maximum atomic E-state index is 12.4. The number of aryl methyl sites for hydroxylation is 1. The van der Waals surface area contributed by atoms with Crippen molar-refractivity contribution in [3.63, 3.8) is 0 Å². The number of rotatable bonds is 8. The molecule has 8 aromatic rings. The van der Waals surface area contributed by atoms with Gasteiger partial charge in [-0.05, 0) is 174 Å². The van der Waals surface area contributed by atoms with Crippen LogP contribution >= 0.6 is 0 Å². The number of phenolic OH excluding ortho intramolecular Hbond substituents is 8. The SMILES string of the molecule is CC.CC(C)c1ccc(O)c(O)c1.CC(c1ccc(O)cc1)(c1ccc(O)cc1)c1ccc(O)cc1.CC(c1ccc(O)cc1)(c1ccc(O)cc1)c1ccc(O)cc1.Cc1cc(C(C)C)cc(C(F)(F)F)c1. The molecular formula is C62H67F3O8. The third-order valence-electron chi connectivity index (χ3n) is 12.4. The van der Waals surface area contributed by atoms with Crippen LogP contribution in [-0.2, 0) is 17.0 Å². The molecule has 0 atom stereocenters. The summed E-state index contributed by atoms with van der Waals surface area (Å²) in [7, 11) is 0. The minimum atomic E-state index is -4.24. The molecule has 0 amide bonds. The minimum Gasteiger partial charge on any atom is -0.508 e. The first-order valence-electron chi connectivity index (χ1n) is 23.9. The van der Waals surface area contributed by atoms with Gasteiger partial charge in [0.25, 0.3) is 0 Å². The van der Waals surface area contributed by atoms with Gasteiger partial charge in [-0.1, -0.05) is 132 Å². The molecule has 0 spiro atoms. The second-order valence-electron chi connectivity index (χ2n) is 18.2. The van der Waals surface area contributed by atoms with Crippen LogP contribution in [0.1, 0.15) is 123 Å². The van der Waals surface area contributed by atoms with Gasteiger partial charge in [0.1, 0.15) is 34.5 Å². The number of hydrogen-bond acceptors (Lipinski definition) is 8. The van der Waals surface area contributed by atoms with Crippen LogP contribution in [0.25, 0.3) is 0 Å². The zero-order chi connectivity index (χ0) is 54.3. The minimum absolute atomic E-state index is 0.0452. The van der Waals surface area contributed by atoms with Gasteiger partial charge in [-0.15, -0.1) is 0 Å². The smallest absolute Gasteiger partial charge is 0.416 e. The average molecular weight is 997 g/mol. The van der Waals surface area contributed by atoms with Crippen LogP contribution in [-0.4, -0.2) is 40.9 Å². The Bertz CT molecular complexity index is 2570. The molecule has 0 fully saturated rings. The Morgan fingerprint density at radius 2 is 0.575 bits per heavy atom. The summed E-state index contributed by atoms with van der Waals surface area (Å²) in [6.07, 6.45) is -4.24. The summed E-state index contributed by atoms with van der Waals surface area (Å²) in [5.74, 6) is 1.68. The highest BCUT2D eigenvalue weighted by molar-refractivity contribution is 5.53. The van der Waals surface area contributed by atoms with Gasteiger partial charge in [-0.3, -0.25) is 0 Å². The normalized spacial score (nSPS) is 11.2. The first-order chi connectivity index (χ1) is 34.4. The van der Waals surface area contributed by atoms with Crippen molar-refractivity contribution in [2.75, 3.05) is 0 Å². The topological polar surface area (TPSA) is 162 Å². The predicted molar refractivity (Wildman–Crippen MR) is 285 cm³/mol. The summed E-state index contributed by atoms with van der Waals surface area (Å²) in [6.45, 7) is 17.7. The van der Waals surface area contributed by atoms with Crippen LogP contribution in [0.4, 0.5) is 13.2 Å². The largest absolute Gasteiger partial charge is 0.508 e. The molecule has 0 aliphatic rings. The molecule has 8 rings (SSSR count). The quantitative estimate of drug-likeness (QED) is 0.0551. The highest BCUT2D eigenvalue weighted by Gasteiger charge is 2.33. The lowest BCUT2D eigenvalue weighted by Crippen LogP contribution is -2.25. The Labute approximate surface area is 427 Å². The molecule has 0 bridgehead atoms. The fraction of sp³-hybridized carbons (Fsp3) is 0.226. The summed E-state index contributed by atoms with van der Waals surface area (Å²) >= 11 is 0. The van der Waals surface area contributed by atoms with E-state index in [1.54, 1.807) is 97.9 Å². The van der Waals surface area contributed by atoms with E-state index in [0.29, 0.717) is 11.5 Å². The Hall–Kier alpha value is -8.05. The van der Waals surface area contributed by atoms with Crippen LogP contribution in [0.2, 0.25) is 0 Å². The molecule has 0 radical (unpaired) electrons. The molecule has 8 nitrogen and oxygen atoms in total. The number of hydrogen-bond donors (Lipinski definition) is 8. The maximum Gasteiger partial charge on any atom is 0.416 e. The van der Waals surface area contributed by atoms with E-state index in [1.807, 2.05) is 114 Å². The number of benzene rings is 8. The molecule has 0 aliphatic carbocycles. The maximum absolute atomic E-state index is 12.4. The lowest BCUT2D eigenvalue weighted by atomic mass is 9.71.